The van der Waals surface area contributed by atoms with E-state index < -0.39 is 16.0 Å². The molecular weight excluding hydrogens is 322 g/mol. The van der Waals surface area contributed by atoms with E-state index in [1.54, 1.807) is 6.07 Å². The average molecular weight is 338 g/mol. The molecule has 1 aromatic heterocycles. The second-order valence-corrected chi connectivity index (χ2v) is 8.59. The third kappa shape index (κ3) is 3.52. The molecule has 1 aliphatic rings. The zero-order valence-electron chi connectivity index (χ0n) is 10.8. The van der Waals surface area contributed by atoms with Crippen LogP contribution in [-0.4, -0.2) is 36.4 Å². The van der Waals surface area contributed by atoms with Crippen molar-refractivity contribution in [3.05, 3.63) is 16.5 Å². The van der Waals surface area contributed by atoms with Gasteiger partial charge in [-0.3, -0.25) is 4.79 Å². The number of sulfonamides is 1. The fourth-order valence-corrected chi connectivity index (χ4v) is 5.76. The van der Waals surface area contributed by atoms with E-state index >= 15 is 0 Å². The molecule has 1 aromatic rings. The molecule has 20 heavy (non-hydrogen) atoms. The fourth-order valence-electron chi connectivity index (χ4n) is 2.42. The lowest BCUT2D eigenvalue weighted by Crippen LogP contribution is -2.43. The van der Waals surface area contributed by atoms with Gasteiger partial charge in [-0.2, -0.15) is 4.31 Å². The lowest BCUT2D eigenvalue weighted by Gasteiger charge is -2.34. The molecule has 0 aromatic carbocycles. The van der Waals surface area contributed by atoms with Crippen molar-refractivity contribution in [3.8, 4) is 0 Å². The molecule has 0 spiro atoms. The van der Waals surface area contributed by atoms with Crippen LogP contribution in [0.4, 0.5) is 0 Å². The quantitative estimate of drug-likeness (QED) is 0.896. The number of thiophene rings is 1. The number of piperidine rings is 1. The van der Waals surface area contributed by atoms with E-state index in [1.807, 2.05) is 0 Å². The highest BCUT2D eigenvalue weighted by Gasteiger charge is 2.34. The van der Waals surface area contributed by atoms with E-state index in [2.05, 4.69) is 0 Å². The number of carboxylic acid groups (broad SMARTS) is 1. The van der Waals surface area contributed by atoms with Gasteiger partial charge >= 0.3 is 5.97 Å². The van der Waals surface area contributed by atoms with E-state index in [1.165, 1.54) is 10.4 Å². The molecule has 0 saturated carbocycles. The summed E-state index contributed by atoms with van der Waals surface area (Å²) < 4.78 is 27.3. The number of carbonyl (C=O) groups is 1. The third-order valence-electron chi connectivity index (χ3n) is 3.38. The van der Waals surface area contributed by atoms with Crippen molar-refractivity contribution in [2.24, 2.45) is 0 Å². The predicted molar refractivity (Wildman–Crippen MR) is 77.7 cm³/mol. The average Bonchev–Trinajstić information content (AvgIpc) is 2.84. The van der Waals surface area contributed by atoms with Crippen LogP contribution in [-0.2, 0) is 14.8 Å². The third-order valence-corrected chi connectivity index (χ3v) is 7.03. The standard InChI is InChI=1S/C12H16ClNO4S2/c13-10-5-7-12(19-10)20(17,18)14-8-2-1-3-9(14)4-6-11(15)16/h5,7,9H,1-4,6,8H2,(H,15,16). The Bertz CT molecular complexity index is 584. The first kappa shape index (κ1) is 15.8. The lowest BCUT2D eigenvalue weighted by molar-refractivity contribution is -0.137. The Labute approximate surface area is 127 Å². The Morgan fingerprint density at radius 2 is 2.20 bits per heavy atom. The Morgan fingerprint density at radius 1 is 1.45 bits per heavy atom. The first-order valence-electron chi connectivity index (χ1n) is 6.40. The molecule has 112 valence electrons. The molecule has 8 heteroatoms. The molecule has 1 saturated heterocycles. The number of rotatable bonds is 5. The highest BCUT2D eigenvalue weighted by Crippen LogP contribution is 2.32. The highest BCUT2D eigenvalue weighted by atomic mass is 35.5. The van der Waals surface area contributed by atoms with Gasteiger partial charge in [-0.15, -0.1) is 11.3 Å². The van der Waals surface area contributed by atoms with Crippen LogP contribution in [0.25, 0.3) is 0 Å². The number of hydrogen-bond donors (Lipinski definition) is 1. The number of halogens is 1. The molecule has 0 radical (unpaired) electrons. The van der Waals surface area contributed by atoms with Gasteiger partial charge in [0.15, 0.2) is 0 Å². The molecule has 1 atom stereocenters. The number of carboxylic acids is 1. The summed E-state index contributed by atoms with van der Waals surface area (Å²) >= 11 is 6.84. The normalized spacial score (nSPS) is 20.9. The summed E-state index contributed by atoms with van der Waals surface area (Å²) in [5.74, 6) is -0.896. The minimum atomic E-state index is -3.56. The maximum atomic E-state index is 12.6. The minimum Gasteiger partial charge on any atom is -0.481 e. The molecule has 0 amide bonds. The van der Waals surface area contributed by atoms with Gasteiger partial charge in [-0.25, -0.2) is 8.42 Å². The summed E-state index contributed by atoms with van der Waals surface area (Å²) in [4.78, 5) is 10.7. The van der Waals surface area contributed by atoms with Gasteiger partial charge in [-0.1, -0.05) is 18.0 Å². The molecule has 5 nitrogen and oxygen atoms in total. The number of hydrogen-bond acceptors (Lipinski definition) is 4. The zero-order valence-corrected chi connectivity index (χ0v) is 13.2. The second kappa shape index (κ2) is 6.43. The van der Waals surface area contributed by atoms with E-state index in [-0.39, 0.29) is 16.7 Å². The number of aliphatic carboxylic acids is 1. The van der Waals surface area contributed by atoms with Gasteiger partial charge in [0, 0.05) is 19.0 Å². The first-order chi connectivity index (χ1) is 9.41. The summed E-state index contributed by atoms with van der Waals surface area (Å²) in [6.07, 6.45) is 2.80. The minimum absolute atomic E-state index is 0.0120. The lowest BCUT2D eigenvalue weighted by atomic mass is 10.0. The SMILES string of the molecule is O=C(O)CCC1CCCCN1S(=O)(=O)c1ccc(Cl)s1. The predicted octanol–water partition coefficient (Wildman–Crippen LogP) is 2.81. The summed E-state index contributed by atoms with van der Waals surface area (Å²) in [6, 6.07) is 2.84. The Balaban J connectivity index is 2.20. The van der Waals surface area contributed by atoms with Crippen molar-refractivity contribution in [2.45, 2.75) is 42.4 Å². The van der Waals surface area contributed by atoms with Crippen LogP contribution in [0.1, 0.15) is 32.1 Å². The van der Waals surface area contributed by atoms with Gasteiger partial charge in [0.25, 0.3) is 10.0 Å². The van der Waals surface area contributed by atoms with Gasteiger partial charge in [0.2, 0.25) is 0 Å². The van der Waals surface area contributed by atoms with E-state index in [4.69, 9.17) is 16.7 Å². The number of nitrogens with zero attached hydrogens (tertiary/aromatic N) is 1. The van der Waals surface area contributed by atoms with Crippen LogP contribution in [0, 0.1) is 0 Å². The molecule has 0 bridgehead atoms. The summed E-state index contributed by atoms with van der Waals surface area (Å²) in [5.41, 5.74) is 0. The molecule has 2 rings (SSSR count). The van der Waals surface area contributed by atoms with Crippen LogP contribution < -0.4 is 0 Å². The molecule has 1 aliphatic heterocycles. The van der Waals surface area contributed by atoms with E-state index in [9.17, 15) is 13.2 Å². The van der Waals surface area contributed by atoms with Crippen molar-refractivity contribution >= 4 is 38.9 Å². The smallest absolute Gasteiger partial charge is 0.303 e. The van der Waals surface area contributed by atoms with Crippen LogP contribution in [0.2, 0.25) is 4.34 Å². The zero-order chi connectivity index (χ0) is 14.8. The van der Waals surface area contributed by atoms with E-state index in [0.29, 0.717) is 23.7 Å². The molecule has 1 N–H and O–H groups in total. The monoisotopic (exact) mass is 337 g/mol. The molecular formula is C12H16ClNO4S2. The van der Waals surface area contributed by atoms with E-state index in [0.717, 1.165) is 24.2 Å². The maximum absolute atomic E-state index is 12.6. The fraction of sp³-hybridized carbons (Fsp3) is 0.583. The topological polar surface area (TPSA) is 74.7 Å². The first-order valence-corrected chi connectivity index (χ1v) is 9.03. The van der Waals surface area contributed by atoms with Crippen LogP contribution in [0.5, 0.6) is 0 Å². The van der Waals surface area contributed by atoms with Gasteiger partial charge < -0.3 is 5.11 Å². The summed E-state index contributed by atoms with van der Waals surface area (Å²) in [6.45, 7) is 0.447. The van der Waals surface area contributed by atoms with Crippen LogP contribution >= 0.6 is 22.9 Å². The van der Waals surface area contributed by atoms with Gasteiger partial charge in [-0.05, 0) is 31.4 Å². The van der Waals surface area contributed by atoms with Crippen LogP contribution in [0.15, 0.2) is 16.3 Å². The molecule has 0 aliphatic carbocycles. The van der Waals surface area contributed by atoms with Crippen LogP contribution in [0.3, 0.4) is 0 Å². The van der Waals surface area contributed by atoms with Crippen molar-refractivity contribution in [2.75, 3.05) is 6.54 Å². The highest BCUT2D eigenvalue weighted by molar-refractivity contribution is 7.91. The van der Waals surface area contributed by atoms with Crippen molar-refractivity contribution in [1.29, 1.82) is 0 Å². The Kier molecular flexibility index (Phi) is 5.06. The second-order valence-electron chi connectivity index (χ2n) is 4.76. The van der Waals surface area contributed by atoms with Crippen molar-refractivity contribution in [1.82, 2.24) is 4.31 Å². The molecule has 1 unspecified atom stereocenters. The van der Waals surface area contributed by atoms with Crippen molar-refractivity contribution < 1.29 is 18.3 Å². The Hall–Kier alpha value is -0.630. The summed E-state index contributed by atoms with van der Waals surface area (Å²) in [5, 5.41) is 8.77. The summed E-state index contributed by atoms with van der Waals surface area (Å²) in [7, 11) is -3.56. The maximum Gasteiger partial charge on any atom is 0.303 e. The van der Waals surface area contributed by atoms with Gasteiger partial charge in [0.1, 0.15) is 4.21 Å². The Morgan fingerprint density at radius 3 is 2.80 bits per heavy atom. The van der Waals surface area contributed by atoms with Gasteiger partial charge in [0.05, 0.1) is 4.34 Å². The molecule has 2 heterocycles. The molecule has 1 fully saturated rings. The van der Waals surface area contributed by atoms with Crippen molar-refractivity contribution in [3.63, 3.8) is 0 Å². The largest absolute Gasteiger partial charge is 0.481 e.